The minimum atomic E-state index is -0.0779. The molecule has 0 atom stereocenters. The van der Waals surface area contributed by atoms with Gasteiger partial charge in [-0.05, 0) is 18.7 Å². The Hall–Kier alpha value is -2.06. The van der Waals surface area contributed by atoms with E-state index < -0.39 is 0 Å². The highest BCUT2D eigenvalue weighted by Crippen LogP contribution is 2.27. The number of aryl methyl sites for hydroxylation is 1. The third-order valence-electron chi connectivity index (χ3n) is 4.42. The first kappa shape index (κ1) is 18.7. The van der Waals surface area contributed by atoms with Crippen LogP contribution in [-0.2, 0) is 11.2 Å². The number of thioether (sulfide) groups is 1. The fraction of sp³-hybridized carbons (Fsp3) is 0.500. The first-order valence-electron chi connectivity index (χ1n) is 9.01. The van der Waals surface area contributed by atoms with Gasteiger partial charge in [0.2, 0.25) is 11.8 Å². The van der Waals surface area contributed by atoms with Crippen LogP contribution in [0.3, 0.4) is 0 Å². The number of anilines is 2. The van der Waals surface area contributed by atoms with Crippen molar-refractivity contribution in [1.29, 1.82) is 0 Å². The molecule has 8 heteroatoms. The van der Waals surface area contributed by atoms with E-state index in [9.17, 15) is 4.79 Å². The van der Waals surface area contributed by atoms with Gasteiger partial charge in [0.25, 0.3) is 5.22 Å². The molecule has 2 aromatic rings. The van der Waals surface area contributed by atoms with Crippen molar-refractivity contribution in [2.75, 3.05) is 48.7 Å². The largest absolute Gasteiger partial charge is 0.416 e. The molecular weight excluding hydrogens is 350 g/mol. The number of carbonyl (C=O) groups is 1. The van der Waals surface area contributed by atoms with Crippen molar-refractivity contribution in [1.82, 2.24) is 15.1 Å². The molecule has 3 rings (SSSR count). The van der Waals surface area contributed by atoms with Gasteiger partial charge < -0.3 is 19.5 Å². The number of nitrogens with one attached hydrogen (secondary N) is 1. The highest BCUT2D eigenvalue weighted by Gasteiger charge is 2.19. The number of likely N-dealkylation sites (N-methyl/N-ethyl adjacent to an activating group) is 1. The molecule has 26 heavy (non-hydrogen) atoms. The van der Waals surface area contributed by atoms with Crippen LogP contribution in [0.25, 0.3) is 0 Å². The Morgan fingerprint density at radius 2 is 1.96 bits per heavy atom. The molecule has 0 radical (unpaired) electrons. The standard InChI is InChI=1S/C18H25N5O2S/c1-3-17-20-21-18(25-17)26-13-16(24)19-14-7-5-6-8-15(14)23-11-9-22(4-2)10-12-23/h5-8H,3-4,9-13H2,1-2H3,(H,19,24). The lowest BCUT2D eigenvalue weighted by atomic mass is 10.2. The Labute approximate surface area is 158 Å². The molecule has 7 nitrogen and oxygen atoms in total. The second kappa shape index (κ2) is 9.05. The van der Waals surface area contributed by atoms with Gasteiger partial charge in [-0.1, -0.05) is 37.7 Å². The molecular formula is C18H25N5O2S. The van der Waals surface area contributed by atoms with Crippen LogP contribution < -0.4 is 10.2 Å². The van der Waals surface area contributed by atoms with Gasteiger partial charge in [-0.15, -0.1) is 10.2 Å². The Bertz CT molecular complexity index is 728. The van der Waals surface area contributed by atoms with E-state index >= 15 is 0 Å². The van der Waals surface area contributed by atoms with Crippen molar-refractivity contribution < 1.29 is 9.21 Å². The number of aromatic nitrogens is 2. The van der Waals surface area contributed by atoms with E-state index in [2.05, 4.69) is 38.3 Å². The summed E-state index contributed by atoms with van der Waals surface area (Å²) < 4.78 is 5.42. The second-order valence-corrected chi connectivity index (χ2v) is 7.02. The highest BCUT2D eigenvalue weighted by molar-refractivity contribution is 7.99. The average molecular weight is 375 g/mol. The lowest BCUT2D eigenvalue weighted by molar-refractivity contribution is -0.113. The zero-order chi connectivity index (χ0) is 18.4. The molecule has 0 unspecified atom stereocenters. The SMILES string of the molecule is CCc1nnc(SCC(=O)Nc2ccccc2N2CCN(CC)CC2)o1. The van der Waals surface area contributed by atoms with Crippen molar-refractivity contribution in [3.05, 3.63) is 30.2 Å². The van der Waals surface area contributed by atoms with Crippen LogP contribution in [0.4, 0.5) is 11.4 Å². The second-order valence-electron chi connectivity index (χ2n) is 6.09. The summed E-state index contributed by atoms with van der Waals surface area (Å²) in [7, 11) is 0. The van der Waals surface area contributed by atoms with Gasteiger partial charge in [-0.3, -0.25) is 4.79 Å². The van der Waals surface area contributed by atoms with Crippen LogP contribution in [0.15, 0.2) is 33.9 Å². The van der Waals surface area contributed by atoms with Crippen molar-refractivity contribution in [3.8, 4) is 0 Å². The molecule has 140 valence electrons. The van der Waals surface area contributed by atoms with Crippen LogP contribution >= 0.6 is 11.8 Å². The van der Waals surface area contributed by atoms with Gasteiger partial charge in [0.05, 0.1) is 17.1 Å². The summed E-state index contributed by atoms with van der Waals surface area (Å²) in [5.74, 6) is 0.749. The molecule has 1 aromatic carbocycles. The van der Waals surface area contributed by atoms with Gasteiger partial charge in [-0.25, -0.2) is 0 Å². The minimum Gasteiger partial charge on any atom is -0.416 e. The number of para-hydroxylation sites is 2. The van der Waals surface area contributed by atoms with Gasteiger partial charge in [0, 0.05) is 32.6 Å². The summed E-state index contributed by atoms with van der Waals surface area (Å²) in [6.45, 7) is 9.25. The van der Waals surface area contributed by atoms with Gasteiger partial charge in [0.15, 0.2) is 0 Å². The molecule has 1 fully saturated rings. The molecule has 1 N–H and O–H groups in total. The maximum atomic E-state index is 12.3. The average Bonchev–Trinajstić information content (AvgIpc) is 3.15. The minimum absolute atomic E-state index is 0.0779. The lowest BCUT2D eigenvalue weighted by Crippen LogP contribution is -2.46. The third-order valence-corrected chi connectivity index (χ3v) is 5.23. The van der Waals surface area contributed by atoms with Crippen LogP contribution in [0.5, 0.6) is 0 Å². The van der Waals surface area contributed by atoms with E-state index in [1.807, 2.05) is 25.1 Å². The fourth-order valence-electron chi connectivity index (χ4n) is 2.91. The molecule has 0 saturated carbocycles. The number of rotatable bonds is 7. The molecule has 1 amide bonds. The van der Waals surface area contributed by atoms with Crippen molar-refractivity contribution in [2.24, 2.45) is 0 Å². The summed E-state index contributed by atoms with van der Waals surface area (Å²) in [6, 6.07) is 7.97. The number of amides is 1. The van der Waals surface area contributed by atoms with Gasteiger partial charge >= 0.3 is 0 Å². The summed E-state index contributed by atoms with van der Waals surface area (Å²) in [5, 5.41) is 11.3. The maximum absolute atomic E-state index is 12.3. The predicted molar refractivity (Wildman–Crippen MR) is 104 cm³/mol. The van der Waals surface area contributed by atoms with Crippen molar-refractivity contribution in [3.63, 3.8) is 0 Å². The topological polar surface area (TPSA) is 74.5 Å². The first-order valence-corrected chi connectivity index (χ1v) is 9.99. The molecule has 1 aliphatic heterocycles. The van der Waals surface area contributed by atoms with Crippen LogP contribution in [0.1, 0.15) is 19.7 Å². The molecule has 0 aliphatic carbocycles. The Morgan fingerprint density at radius 3 is 2.65 bits per heavy atom. The number of carbonyl (C=O) groups excluding carboxylic acids is 1. The van der Waals surface area contributed by atoms with Crippen LogP contribution in [-0.4, -0.2) is 59.5 Å². The van der Waals surface area contributed by atoms with E-state index in [1.54, 1.807) is 0 Å². The zero-order valence-electron chi connectivity index (χ0n) is 15.3. The molecule has 0 bridgehead atoms. The molecule has 0 spiro atoms. The van der Waals surface area contributed by atoms with E-state index in [1.165, 1.54) is 11.8 Å². The van der Waals surface area contributed by atoms with E-state index in [4.69, 9.17) is 4.42 Å². The van der Waals surface area contributed by atoms with Gasteiger partial charge in [0.1, 0.15) is 0 Å². The maximum Gasteiger partial charge on any atom is 0.277 e. The quantitative estimate of drug-likeness (QED) is 0.745. The molecule has 1 saturated heterocycles. The Morgan fingerprint density at radius 1 is 1.19 bits per heavy atom. The number of hydrogen-bond acceptors (Lipinski definition) is 7. The predicted octanol–water partition coefficient (Wildman–Crippen LogP) is 2.50. The fourth-order valence-corrected chi connectivity index (χ4v) is 3.49. The van der Waals surface area contributed by atoms with E-state index in [-0.39, 0.29) is 11.7 Å². The smallest absolute Gasteiger partial charge is 0.277 e. The third kappa shape index (κ3) is 4.76. The van der Waals surface area contributed by atoms with Crippen molar-refractivity contribution in [2.45, 2.75) is 25.5 Å². The number of hydrogen-bond donors (Lipinski definition) is 1. The summed E-state index contributed by atoms with van der Waals surface area (Å²) in [6.07, 6.45) is 0.693. The lowest BCUT2D eigenvalue weighted by Gasteiger charge is -2.36. The van der Waals surface area contributed by atoms with Crippen LogP contribution in [0, 0.1) is 0 Å². The monoisotopic (exact) mass is 375 g/mol. The van der Waals surface area contributed by atoms with Crippen LogP contribution in [0.2, 0.25) is 0 Å². The number of piperazine rings is 1. The summed E-state index contributed by atoms with van der Waals surface area (Å²) >= 11 is 1.26. The number of benzene rings is 1. The zero-order valence-corrected chi connectivity index (χ0v) is 16.1. The molecule has 1 aliphatic rings. The van der Waals surface area contributed by atoms with Crippen molar-refractivity contribution >= 4 is 29.0 Å². The van der Waals surface area contributed by atoms with E-state index in [0.717, 1.165) is 44.1 Å². The summed E-state index contributed by atoms with van der Waals surface area (Å²) in [4.78, 5) is 17.1. The highest BCUT2D eigenvalue weighted by atomic mass is 32.2. The van der Waals surface area contributed by atoms with Gasteiger partial charge in [-0.2, -0.15) is 0 Å². The normalized spacial score (nSPS) is 15.2. The number of nitrogens with zero attached hydrogens (tertiary/aromatic N) is 4. The Balaban J connectivity index is 1.58. The summed E-state index contributed by atoms with van der Waals surface area (Å²) in [5.41, 5.74) is 1.93. The first-order chi connectivity index (χ1) is 12.7. The van der Waals surface area contributed by atoms with E-state index in [0.29, 0.717) is 17.5 Å². The Kier molecular flexibility index (Phi) is 6.51. The molecule has 1 aromatic heterocycles. The molecule has 2 heterocycles.